The van der Waals surface area contributed by atoms with Crippen LogP contribution in [0.4, 0.5) is 0 Å². The number of fused-ring (bicyclic) bond motifs is 1. The van der Waals surface area contributed by atoms with Crippen molar-refractivity contribution in [2.24, 2.45) is 7.05 Å². The Balaban J connectivity index is 1.87. The van der Waals surface area contributed by atoms with Crippen molar-refractivity contribution in [2.45, 2.75) is 19.5 Å². The molecule has 1 unspecified atom stereocenters. The molecular weight excluding hydrogens is 306 g/mol. The molecule has 0 spiro atoms. The Morgan fingerprint density at radius 3 is 2.88 bits per heavy atom. The fourth-order valence-corrected chi connectivity index (χ4v) is 2.78. The van der Waals surface area contributed by atoms with Crippen LogP contribution in [0.15, 0.2) is 35.3 Å². The predicted octanol–water partition coefficient (Wildman–Crippen LogP) is 1.86. The maximum absolute atomic E-state index is 12.1. The minimum Gasteiger partial charge on any atom is -0.496 e. The lowest BCUT2D eigenvalue weighted by molar-refractivity contribution is 0.241. The van der Waals surface area contributed by atoms with E-state index in [2.05, 4.69) is 26.9 Å². The van der Waals surface area contributed by atoms with Gasteiger partial charge in [0.15, 0.2) is 5.65 Å². The third kappa shape index (κ3) is 2.90. The highest BCUT2D eigenvalue weighted by molar-refractivity contribution is 5.72. The fraction of sp³-hybridized carbons (Fsp3) is 0.353. The first kappa shape index (κ1) is 16.2. The fourth-order valence-electron chi connectivity index (χ4n) is 2.78. The summed E-state index contributed by atoms with van der Waals surface area (Å²) in [5.74, 6) is 1.46. The van der Waals surface area contributed by atoms with Crippen molar-refractivity contribution < 1.29 is 4.74 Å². The van der Waals surface area contributed by atoms with Gasteiger partial charge in [-0.25, -0.2) is 4.98 Å². The summed E-state index contributed by atoms with van der Waals surface area (Å²) in [6.07, 6.45) is 1.53. The topological polar surface area (TPSA) is 76.0 Å². The SMILES string of the molecule is COc1ccccc1C(C)N(C)Cc1nc2c(cnn2C)c(=O)[nH]1. The Hall–Kier alpha value is -2.67. The number of nitrogens with zero attached hydrogens (tertiary/aromatic N) is 4. The maximum atomic E-state index is 12.1. The van der Waals surface area contributed by atoms with E-state index in [4.69, 9.17) is 4.74 Å². The van der Waals surface area contributed by atoms with E-state index < -0.39 is 0 Å². The van der Waals surface area contributed by atoms with Gasteiger partial charge in [-0.15, -0.1) is 0 Å². The number of benzene rings is 1. The molecule has 1 aromatic carbocycles. The second-order valence-corrected chi connectivity index (χ2v) is 5.85. The third-order valence-electron chi connectivity index (χ3n) is 4.30. The molecule has 0 fully saturated rings. The lowest BCUT2D eigenvalue weighted by atomic mass is 10.1. The molecule has 2 aromatic heterocycles. The van der Waals surface area contributed by atoms with Gasteiger partial charge in [-0.3, -0.25) is 14.4 Å². The Kier molecular flexibility index (Phi) is 4.35. The Morgan fingerprint density at radius 2 is 2.12 bits per heavy atom. The average Bonchev–Trinajstić information content (AvgIpc) is 2.96. The van der Waals surface area contributed by atoms with Gasteiger partial charge in [0.1, 0.15) is 17.0 Å². The van der Waals surface area contributed by atoms with Crippen LogP contribution in [0, 0.1) is 0 Å². The van der Waals surface area contributed by atoms with E-state index >= 15 is 0 Å². The third-order valence-corrected chi connectivity index (χ3v) is 4.30. The summed E-state index contributed by atoms with van der Waals surface area (Å²) in [7, 11) is 5.44. The average molecular weight is 327 g/mol. The van der Waals surface area contributed by atoms with Crippen LogP contribution in [0.1, 0.15) is 24.4 Å². The van der Waals surface area contributed by atoms with Crippen molar-refractivity contribution in [3.8, 4) is 5.75 Å². The van der Waals surface area contributed by atoms with Gasteiger partial charge in [0.05, 0.1) is 19.9 Å². The summed E-state index contributed by atoms with van der Waals surface area (Å²) < 4.78 is 7.05. The molecule has 0 amide bonds. The molecule has 7 heteroatoms. The van der Waals surface area contributed by atoms with Crippen molar-refractivity contribution in [3.05, 3.63) is 52.2 Å². The van der Waals surface area contributed by atoms with Gasteiger partial charge in [-0.05, 0) is 20.0 Å². The molecule has 1 N–H and O–H groups in total. The van der Waals surface area contributed by atoms with E-state index in [1.807, 2.05) is 31.3 Å². The summed E-state index contributed by atoms with van der Waals surface area (Å²) in [5.41, 5.74) is 1.51. The van der Waals surface area contributed by atoms with Crippen LogP contribution in [-0.2, 0) is 13.6 Å². The number of aromatic nitrogens is 4. The van der Waals surface area contributed by atoms with Gasteiger partial charge < -0.3 is 9.72 Å². The van der Waals surface area contributed by atoms with Crippen molar-refractivity contribution in [3.63, 3.8) is 0 Å². The lowest BCUT2D eigenvalue weighted by Crippen LogP contribution is -2.25. The minimum atomic E-state index is -0.165. The van der Waals surface area contributed by atoms with E-state index in [9.17, 15) is 4.79 Å². The van der Waals surface area contributed by atoms with Gasteiger partial charge in [0.25, 0.3) is 5.56 Å². The molecule has 2 heterocycles. The molecule has 0 bridgehead atoms. The van der Waals surface area contributed by atoms with E-state index in [0.717, 1.165) is 11.3 Å². The first-order valence-corrected chi connectivity index (χ1v) is 7.75. The zero-order valence-corrected chi connectivity index (χ0v) is 14.3. The number of ether oxygens (including phenoxy) is 1. The first-order chi connectivity index (χ1) is 11.5. The molecular formula is C17H21N5O2. The number of nitrogens with one attached hydrogen (secondary N) is 1. The summed E-state index contributed by atoms with van der Waals surface area (Å²) in [5, 5.41) is 4.59. The number of H-pyrrole nitrogens is 1. The molecule has 7 nitrogen and oxygen atoms in total. The van der Waals surface area contributed by atoms with Crippen molar-refractivity contribution in [1.82, 2.24) is 24.6 Å². The van der Waals surface area contributed by atoms with Crippen LogP contribution in [-0.4, -0.2) is 38.8 Å². The molecule has 0 aliphatic carbocycles. The summed E-state index contributed by atoms with van der Waals surface area (Å²) in [4.78, 5) is 21.6. The van der Waals surface area contributed by atoms with Gasteiger partial charge >= 0.3 is 0 Å². The van der Waals surface area contributed by atoms with Crippen LogP contribution in [0.25, 0.3) is 11.0 Å². The van der Waals surface area contributed by atoms with E-state index in [1.54, 1.807) is 18.8 Å². The first-order valence-electron chi connectivity index (χ1n) is 7.75. The van der Waals surface area contributed by atoms with Crippen LogP contribution in [0.3, 0.4) is 0 Å². The van der Waals surface area contributed by atoms with E-state index in [0.29, 0.717) is 23.4 Å². The number of methoxy groups -OCH3 is 1. The van der Waals surface area contributed by atoms with Crippen LogP contribution in [0.2, 0.25) is 0 Å². The molecule has 126 valence electrons. The molecule has 3 rings (SSSR count). The Labute approximate surface area is 139 Å². The van der Waals surface area contributed by atoms with Crippen molar-refractivity contribution >= 4 is 11.0 Å². The molecule has 3 aromatic rings. The van der Waals surface area contributed by atoms with Gasteiger partial charge in [0.2, 0.25) is 0 Å². The quantitative estimate of drug-likeness (QED) is 0.774. The second kappa shape index (κ2) is 6.45. The van der Waals surface area contributed by atoms with E-state index in [1.165, 1.54) is 6.20 Å². The summed E-state index contributed by atoms with van der Waals surface area (Å²) >= 11 is 0. The van der Waals surface area contributed by atoms with Crippen LogP contribution in [0.5, 0.6) is 5.75 Å². The Bertz CT molecular complexity index is 915. The molecule has 0 aliphatic rings. The van der Waals surface area contributed by atoms with Gasteiger partial charge in [-0.1, -0.05) is 18.2 Å². The van der Waals surface area contributed by atoms with Crippen LogP contribution < -0.4 is 10.3 Å². The number of rotatable bonds is 5. The molecule has 1 atom stereocenters. The molecule has 0 saturated carbocycles. The lowest BCUT2D eigenvalue weighted by Gasteiger charge is -2.25. The largest absolute Gasteiger partial charge is 0.496 e. The molecule has 0 aliphatic heterocycles. The number of hydrogen-bond donors (Lipinski definition) is 1. The maximum Gasteiger partial charge on any atom is 0.262 e. The highest BCUT2D eigenvalue weighted by Crippen LogP contribution is 2.28. The van der Waals surface area contributed by atoms with Crippen LogP contribution >= 0.6 is 0 Å². The molecule has 0 radical (unpaired) electrons. The predicted molar refractivity (Wildman–Crippen MR) is 92.0 cm³/mol. The Morgan fingerprint density at radius 1 is 1.38 bits per heavy atom. The highest BCUT2D eigenvalue weighted by atomic mass is 16.5. The zero-order valence-electron chi connectivity index (χ0n) is 14.3. The number of hydrogen-bond acceptors (Lipinski definition) is 5. The number of para-hydroxylation sites is 1. The van der Waals surface area contributed by atoms with E-state index in [-0.39, 0.29) is 11.6 Å². The zero-order chi connectivity index (χ0) is 17.3. The summed E-state index contributed by atoms with van der Waals surface area (Å²) in [6, 6.07) is 8.03. The number of aromatic amines is 1. The second-order valence-electron chi connectivity index (χ2n) is 5.85. The van der Waals surface area contributed by atoms with Gasteiger partial charge in [-0.2, -0.15) is 5.10 Å². The number of aryl methyl sites for hydroxylation is 1. The monoisotopic (exact) mass is 327 g/mol. The smallest absolute Gasteiger partial charge is 0.262 e. The van der Waals surface area contributed by atoms with Crippen molar-refractivity contribution in [1.29, 1.82) is 0 Å². The standard InChI is InChI=1S/C17H21N5O2/c1-11(12-7-5-6-8-14(12)24-4)21(2)10-15-19-16-13(17(23)20-15)9-18-22(16)3/h5-9,11H,10H2,1-4H3,(H,19,20,23). The van der Waals surface area contributed by atoms with Crippen molar-refractivity contribution in [2.75, 3.05) is 14.2 Å². The summed E-state index contributed by atoms with van der Waals surface area (Å²) in [6.45, 7) is 2.61. The molecule has 0 saturated heterocycles. The normalized spacial score (nSPS) is 12.7. The minimum absolute atomic E-state index is 0.105. The highest BCUT2D eigenvalue weighted by Gasteiger charge is 2.17. The van der Waals surface area contributed by atoms with Gasteiger partial charge in [0, 0.05) is 18.7 Å². The molecule has 24 heavy (non-hydrogen) atoms.